The van der Waals surface area contributed by atoms with Gasteiger partial charge < -0.3 is 30.4 Å². The fourth-order valence-corrected chi connectivity index (χ4v) is 24.8. The minimum Gasteiger partial charge on any atom is -0.464 e. The molecular formula is C112H84O7P4. The molecule has 0 atom stereocenters. The quantitative estimate of drug-likeness (QED) is 0.106. The summed E-state index contributed by atoms with van der Waals surface area (Å²) in [6.45, 7) is 17.2. The first-order chi connectivity index (χ1) is 60.3. The summed E-state index contributed by atoms with van der Waals surface area (Å²) in [6.07, 6.45) is 0. The van der Waals surface area contributed by atoms with Gasteiger partial charge in [-0.2, -0.15) is 0 Å². The van der Waals surface area contributed by atoms with Crippen molar-refractivity contribution in [1.82, 2.24) is 0 Å². The van der Waals surface area contributed by atoms with E-state index in [2.05, 4.69) is 419 Å². The van der Waals surface area contributed by atoms with Crippen molar-refractivity contribution >= 4 is 189 Å². The number of aryl methyl sites for hydroxylation is 8. The number of fused-ring (bicyclic) bond motifs is 18. The van der Waals surface area contributed by atoms with Gasteiger partial charge in [-0.25, -0.2) is 0 Å². The predicted molar refractivity (Wildman–Crippen MR) is 525 cm³/mol. The Bertz CT molecular complexity index is 7800. The number of benzene rings is 20. The van der Waals surface area contributed by atoms with Crippen LogP contribution in [0, 0.1) is 55.4 Å². The number of hydrogen-bond acceptors (Lipinski definition) is 7. The van der Waals surface area contributed by atoms with Crippen molar-refractivity contribution in [3.63, 3.8) is 0 Å². The molecule has 22 aromatic rings. The summed E-state index contributed by atoms with van der Waals surface area (Å²) in [4.78, 5) is 0. The van der Waals surface area contributed by atoms with E-state index in [9.17, 15) is 0 Å². The van der Waals surface area contributed by atoms with Gasteiger partial charge in [-0.1, -0.05) is 344 Å². The fraction of sp³-hybridized carbons (Fsp3) is 0.0714. The van der Waals surface area contributed by atoms with Gasteiger partial charge in [-0.3, -0.25) is 0 Å². The van der Waals surface area contributed by atoms with E-state index in [-0.39, 0.29) is 0 Å². The third kappa shape index (κ3) is 14.2. The van der Waals surface area contributed by atoms with Crippen molar-refractivity contribution in [3.05, 3.63) is 408 Å². The average Bonchev–Trinajstić information content (AvgIpc) is 1.69. The van der Waals surface area contributed by atoms with Gasteiger partial charge in [0.25, 0.3) is 0 Å². The molecule has 0 aliphatic heterocycles. The molecule has 0 radical (unpaired) electrons. The third-order valence-electron chi connectivity index (χ3n) is 23.8. The van der Waals surface area contributed by atoms with E-state index < -0.39 is 32.6 Å². The summed E-state index contributed by atoms with van der Waals surface area (Å²) >= 11 is 0. The number of hydrogen-bond donors (Lipinski definition) is 0. The molecule has 11 heteroatoms. The zero-order valence-electron chi connectivity index (χ0n) is 69.3. The molecule has 123 heavy (non-hydrogen) atoms. The molecule has 594 valence electrons. The lowest BCUT2D eigenvalue weighted by atomic mass is 9.88. The minimum absolute atomic E-state index is 0.701. The van der Waals surface area contributed by atoms with Gasteiger partial charge in [0.05, 0.1) is 0 Å². The van der Waals surface area contributed by atoms with Crippen LogP contribution in [0.3, 0.4) is 0 Å². The Kier molecular flexibility index (Phi) is 20.1. The summed E-state index contributed by atoms with van der Waals surface area (Å²) in [5.41, 5.74) is 16.0. The highest BCUT2D eigenvalue weighted by atomic mass is 31.1. The molecule has 0 bridgehead atoms. The smallest absolute Gasteiger partial charge is 0.453 e. The van der Waals surface area contributed by atoms with Crippen LogP contribution < -0.4 is 40.1 Å². The highest BCUT2D eigenvalue weighted by molar-refractivity contribution is 7.80. The van der Waals surface area contributed by atoms with Crippen LogP contribution in [0.4, 0.5) is 0 Å². The summed E-state index contributed by atoms with van der Waals surface area (Å²) in [5, 5.41) is 28.2. The fourth-order valence-electron chi connectivity index (χ4n) is 18.1. The standard InChI is InChI=1S/C60H50O4P2.C52H34O3P2/c1-35-19-23-49-43(27-35)31-39(5)57(61-65(47-15-11-9-12-16-47)48-17-13-10-14-18-48)53(49)54-50-24-20-36(2)28-44(50)32-40(6)58(54)62-66-63-59-41(7)33-45-29-37(3)21-25-51(45)55(59)56-52-26-22-38(4)30-46(52)34-42(8)60(56)64-66;1-3-19-39(20-4-1)56(40-21-5-2-6-22-40)48-34-30-38-18-10-14-26-44(38)52(48)51-43-25-13-9-17-37(43)29-33-47(51)55-57-53-45-31-27-35-15-7-11-23-41(35)49(45)50-42-24-12-8-16-36(42)28-32-46(50)54-57/h9-34H,1-8H3;1-34H. The second-order valence-electron chi connectivity index (χ2n) is 32.2. The van der Waals surface area contributed by atoms with Gasteiger partial charge >= 0.3 is 16.5 Å². The summed E-state index contributed by atoms with van der Waals surface area (Å²) in [6, 6.07) is 130. The van der Waals surface area contributed by atoms with E-state index in [1.54, 1.807) is 0 Å². The van der Waals surface area contributed by atoms with Crippen molar-refractivity contribution in [2.75, 3.05) is 0 Å². The van der Waals surface area contributed by atoms with E-state index in [1.807, 2.05) is 0 Å². The van der Waals surface area contributed by atoms with Crippen molar-refractivity contribution in [3.8, 4) is 39.5 Å². The summed E-state index contributed by atoms with van der Waals surface area (Å²) in [5.74, 6) is 2.23. The SMILES string of the molecule is Cc1ccc2c(-c3c(Op4oc5c(C)cc6cc(C)ccc6c5c5c(o4)c(C)cc4cc(C)ccc45)c(C)cc4cc(C)ccc34)c(OP(c3ccccc3)c3ccccc3)c(C)cc2c1.c1ccc(P(c2ccccc2)c2ccc3ccccc3c2-c2c(Op3oc4ccc5ccccc5c4c4c(ccc5ccccc54)o3)ccc3ccccc23)cc1. The second-order valence-corrected chi connectivity index (χ2v) is 38.2. The van der Waals surface area contributed by atoms with E-state index in [0.29, 0.717) is 11.5 Å². The maximum Gasteiger partial charge on any atom is 0.453 e. The van der Waals surface area contributed by atoms with Crippen LogP contribution in [0.1, 0.15) is 44.5 Å². The Labute approximate surface area is 717 Å². The Morgan fingerprint density at radius 3 is 1.03 bits per heavy atom. The predicted octanol–water partition coefficient (Wildman–Crippen LogP) is 31.5. The van der Waals surface area contributed by atoms with Gasteiger partial charge in [0.2, 0.25) is 0 Å². The lowest BCUT2D eigenvalue weighted by molar-refractivity contribution is 0.496. The monoisotopic (exact) mass is 1660 g/mol. The zero-order valence-corrected chi connectivity index (χ0v) is 72.9. The van der Waals surface area contributed by atoms with Crippen molar-refractivity contribution < 1.29 is 30.4 Å². The van der Waals surface area contributed by atoms with Crippen LogP contribution in [-0.4, -0.2) is 0 Å². The van der Waals surface area contributed by atoms with Gasteiger partial charge in [0.1, 0.15) is 39.6 Å². The van der Waals surface area contributed by atoms with Gasteiger partial charge in [0.15, 0.2) is 8.15 Å². The van der Waals surface area contributed by atoms with Gasteiger partial charge in [-0.15, -0.1) is 0 Å². The lowest BCUT2D eigenvalue weighted by Crippen LogP contribution is -2.22. The van der Waals surface area contributed by atoms with E-state index in [0.717, 1.165) is 180 Å². The van der Waals surface area contributed by atoms with E-state index >= 15 is 0 Å². The highest BCUT2D eigenvalue weighted by Crippen LogP contribution is 2.56. The molecular weight excluding hydrogens is 1580 g/mol. The van der Waals surface area contributed by atoms with Crippen LogP contribution in [-0.2, 0) is 0 Å². The van der Waals surface area contributed by atoms with Crippen LogP contribution in [0.15, 0.2) is 381 Å². The average molecular weight is 1670 g/mol. The molecule has 7 nitrogen and oxygen atoms in total. The van der Waals surface area contributed by atoms with Crippen LogP contribution in [0.5, 0.6) is 17.2 Å². The van der Waals surface area contributed by atoms with Crippen LogP contribution in [0.2, 0.25) is 0 Å². The summed E-state index contributed by atoms with van der Waals surface area (Å²) in [7, 11) is -6.30. The zero-order chi connectivity index (χ0) is 83.1. The number of rotatable bonds is 13. The normalized spacial score (nSPS) is 11.7. The molecule has 20 aromatic carbocycles. The molecule has 0 unspecified atom stereocenters. The first-order valence-corrected chi connectivity index (χ1v) is 46.5. The Hall–Kier alpha value is -13.5. The maximum atomic E-state index is 7.59. The van der Waals surface area contributed by atoms with Gasteiger partial charge in [0, 0.05) is 54.4 Å². The molecule has 0 saturated carbocycles. The molecule has 0 aliphatic rings. The Morgan fingerprint density at radius 2 is 0.569 bits per heavy atom. The van der Waals surface area contributed by atoms with Crippen molar-refractivity contribution in [1.29, 1.82) is 0 Å². The summed E-state index contributed by atoms with van der Waals surface area (Å²) < 4.78 is 50.6. The Balaban J connectivity index is 0.000000153. The van der Waals surface area contributed by atoms with Crippen molar-refractivity contribution in [2.24, 2.45) is 0 Å². The largest absolute Gasteiger partial charge is 0.464 e. The molecule has 0 fully saturated rings. The first-order valence-electron chi connectivity index (χ1n) is 41.7. The van der Waals surface area contributed by atoms with Gasteiger partial charge in [-0.05, 0) is 230 Å². The van der Waals surface area contributed by atoms with Crippen LogP contribution >= 0.6 is 32.6 Å². The Morgan fingerprint density at radius 1 is 0.236 bits per heavy atom. The molecule has 2 heterocycles. The molecule has 0 aliphatic carbocycles. The highest BCUT2D eigenvalue weighted by Gasteiger charge is 2.31. The molecule has 0 N–H and O–H groups in total. The molecule has 22 rings (SSSR count). The second kappa shape index (κ2) is 32.2. The first kappa shape index (κ1) is 76.9. The van der Waals surface area contributed by atoms with E-state index in [1.165, 1.54) is 48.9 Å². The molecule has 0 amide bonds. The molecule has 2 aromatic heterocycles. The minimum atomic E-state index is -2.08. The maximum absolute atomic E-state index is 7.59. The molecule has 0 saturated heterocycles. The van der Waals surface area contributed by atoms with Crippen LogP contribution in [0.25, 0.3) is 152 Å². The van der Waals surface area contributed by atoms with E-state index in [4.69, 9.17) is 30.4 Å². The lowest BCUT2D eigenvalue weighted by Gasteiger charge is -2.26. The third-order valence-corrected chi connectivity index (χ3v) is 30.2. The van der Waals surface area contributed by atoms with Crippen molar-refractivity contribution in [2.45, 2.75) is 55.4 Å². The molecule has 0 spiro atoms. The topological polar surface area (TPSA) is 80.3 Å².